The van der Waals surface area contributed by atoms with Crippen molar-refractivity contribution >= 4 is 48.0 Å². The van der Waals surface area contributed by atoms with Crippen molar-refractivity contribution in [1.29, 1.82) is 0 Å². The molecule has 0 bridgehead atoms. The molecule has 2 rings (SSSR count). The first-order chi connectivity index (χ1) is 13.5. The minimum atomic E-state index is -0.782. The molecular formula is C19H15ClF3N3OS. The number of allylic oxidation sites excluding steroid dienone is 2. The van der Waals surface area contributed by atoms with E-state index in [1.165, 1.54) is 30.5 Å². The minimum absolute atomic E-state index is 0.0716. The number of anilines is 1. The number of halogens is 4. The van der Waals surface area contributed by atoms with Crippen molar-refractivity contribution in [1.82, 2.24) is 0 Å². The van der Waals surface area contributed by atoms with Crippen molar-refractivity contribution in [3.05, 3.63) is 71.2 Å². The Morgan fingerprint density at radius 3 is 2.54 bits per heavy atom. The highest BCUT2D eigenvalue weighted by atomic mass is 35.5. The third-order valence-electron chi connectivity index (χ3n) is 3.46. The fourth-order valence-electron chi connectivity index (χ4n) is 2.08. The summed E-state index contributed by atoms with van der Waals surface area (Å²) in [6.07, 6.45) is 2.81. The molecule has 0 aliphatic carbocycles. The molecule has 0 aliphatic rings. The van der Waals surface area contributed by atoms with Crippen LogP contribution in [0.5, 0.6) is 0 Å². The normalized spacial score (nSPS) is 11.6. The maximum absolute atomic E-state index is 14.0. The second kappa shape index (κ2) is 10.7. The summed E-state index contributed by atoms with van der Waals surface area (Å²) >= 11 is 6.00. The van der Waals surface area contributed by atoms with Gasteiger partial charge in [-0.25, -0.2) is 13.2 Å². The number of aliphatic imine (C=N–C) groups is 2. The summed E-state index contributed by atoms with van der Waals surface area (Å²) in [7, 11) is 0. The van der Waals surface area contributed by atoms with Gasteiger partial charge < -0.3 is 4.72 Å². The van der Waals surface area contributed by atoms with Crippen LogP contribution in [0.4, 0.5) is 18.9 Å². The molecule has 0 aliphatic heterocycles. The number of nitrogens with one attached hydrogen (secondary N) is 1. The molecule has 0 amide bonds. The van der Waals surface area contributed by atoms with Crippen molar-refractivity contribution in [2.75, 3.05) is 10.7 Å². The van der Waals surface area contributed by atoms with Crippen molar-refractivity contribution in [3.8, 4) is 0 Å². The molecular weight excluding hydrogens is 411 g/mol. The molecule has 2 aromatic rings. The molecule has 0 spiro atoms. The molecule has 0 saturated heterocycles. The molecule has 1 N–H and O–H groups in total. The van der Waals surface area contributed by atoms with Crippen molar-refractivity contribution in [2.45, 2.75) is 11.3 Å². The first kappa shape index (κ1) is 21.7. The summed E-state index contributed by atoms with van der Waals surface area (Å²) in [5.74, 6) is -2.58. The number of ketones is 1. The van der Waals surface area contributed by atoms with E-state index in [1.807, 2.05) is 0 Å². The summed E-state index contributed by atoms with van der Waals surface area (Å²) in [5.41, 5.74) is 0.474. The highest BCUT2D eigenvalue weighted by Crippen LogP contribution is 2.28. The Morgan fingerprint density at radius 1 is 1.18 bits per heavy atom. The van der Waals surface area contributed by atoms with Gasteiger partial charge in [0.15, 0.2) is 5.78 Å². The Balaban J connectivity index is 2.16. The standard InChI is InChI=1S/C19H15ClF3N3OS/c1-24-13(7-8-25-11-20)10-18(27)12-5-6-14(21)17(9-12)26-28-19-15(22)3-2-4-16(19)23/h2-9,26H,1,10-11H2/b13-7-,25-8-. The van der Waals surface area contributed by atoms with Crippen LogP contribution in [0.25, 0.3) is 0 Å². The van der Waals surface area contributed by atoms with Crippen molar-refractivity contribution < 1.29 is 18.0 Å². The molecule has 0 aromatic heterocycles. The molecule has 0 saturated carbocycles. The summed E-state index contributed by atoms with van der Waals surface area (Å²) in [6, 6.07) is 7.14. The van der Waals surface area contributed by atoms with E-state index in [4.69, 9.17) is 11.6 Å². The van der Waals surface area contributed by atoms with E-state index in [2.05, 4.69) is 21.4 Å². The molecule has 146 valence electrons. The van der Waals surface area contributed by atoms with Crippen LogP contribution in [-0.2, 0) is 0 Å². The van der Waals surface area contributed by atoms with E-state index in [0.717, 1.165) is 18.2 Å². The predicted octanol–water partition coefficient (Wildman–Crippen LogP) is 5.65. The van der Waals surface area contributed by atoms with Crippen molar-refractivity contribution in [3.63, 3.8) is 0 Å². The second-order valence-electron chi connectivity index (χ2n) is 5.32. The smallest absolute Gasteiger partial charge is 0.168 e. The van der Waals surface area contributed by atoms with Gasteiger partial charge in [0.2, 0.25) is 0 Å². The maximum Gasteiger partial charge on any atom is 0.168 e. The molecule has 2 aromatic carbocycles. The number of carbonyl (C=O) groups excluding carboxylic acids is 1. The van der Waals surface area contributed by atoms with Gasteiger partial charge in [-0.1, -0.05) is 6.07 Å². The zero-order valence-corrected chi connectivity index (χ0v) is 16.0. The summed E-state index contributed by atoms with van der Waals surface area (Å²) in [5, 5.41) is 0. The molecule has 0 heterocycles. The SMILES string of the molecule is C=N/C(=C\C=N/CCl)CC(=O)c1ccc(F)c(NSc2c(F)cccc2F)c1. The quantitative estimate of drug-likeness (QED) is 0.186. The predicted molar refractivity (Wildman–Crippen MR) is 108 cm³/mol. The zero-order valence-electron chi connectivity index (χ0n) is 14.5. The van der Waals surface area contributed by atoms with Gasteiger partial charge in [0.25, 0.3) is 0 Å². The summed E-state index contributed by atoms with van der Waals surface area (Å²) in [4.78, 5) is 19.6. The fourth-order valence-corrected chi connectivity index (χ4v) is 2.85. The van der Waals surface area contributed by atoms with Gasteiger partial charge in [-0.05, 0) is 55.1 Å². The van der Waals surface area contributed by atoms with Crippen LogP contribution in [0, 0.1) is 17.5 Å². The number of Topliss-reactive ketones (excluding diaryl/α,β-unsaturated/α-hetero) is 1. The largest absolute Gasteiger partial charge is 0.323 e. The van der Waals surface area contributed by atoms with Crippen LogP contribution in [-0.4, -0.2) is 24.7 Å². The van der Waals surface area contributed by atoms with E-state index in [1.54, 1.807) is 0 Å². The lowest BCUT2D eigenvalue weighted by molar-refractivity contribution is 0.0992. The van der Waals surface area contributed by atoms with Gasteiger partial charge in [-0.15, -0.1) is 11.6 Å². The van der Waals surface area contributed by atoms with Crippen LogP contribution in [0.3, 0.4) is 0 Å². The molecule has 0 unspecified atom stereocenters. The fraction of sp³-hybridized carbons (Fsp3) is 0.105. The number of hydrogen-bond acceptors (Lipinski definition) is 5. The Hall–Kier alpha value is -2.58. The number of nitrogens with zero attached hydrogens (tertiary/aromatic N) is 2. The van der Waals surface area contributed by atoms with Gasteiger partial charge in [0.1, 0.15) is 23.5 Å². The Labute approximate surface area is 169 Å². The van der Waals surface area contributed by atoms with Crippen LogP contribution < -0.4 is 4.72 Å². The Morgan fingerprint density at radius 2 is 1.89 bits per heavy atom. The van der Waals surface area contributed by atoms with E-state index < -0.39 is 17.5 Å². The van der Waals surface area contributed by atoms with Crippen LogP contribution in [0.15, 0.2) is 63.1 Å². The second-order valence-corrected chi connectivity index (χ2v) is 6.37. The van der Waals surface area contributed by atoms with Crippen LogP contribution in [0.2, 0.25) is 0 Å². The lowest BCUT2D eigenvalue weighted by atomic mass is 10.1. The topological polar surface area (TPSA) is 53.8 Å². The van der Waals surface area contributed by atoms with Crippen LogP contribution >= 0.6 is 23.5 Å². The van der Waals surface area contributed by atoms with Gasteiger partial charge in [0, 0.05) is 17.5 Å². The van der Waals surface area contributed by atoms with Gasteiger partial charge >= 0.3 is 0 Å². The number of rotatable bonds is 9. The number of benzene rings is 2. The lowest BCUT2D eigenvalue weighted by Gasteiger charge is -2.10. The van der Waals surface area contributed by atoms with Gasteiger partial charge in [0.05, 0.1) is 17.0 Å². The Bertz CT molecular complexity index is 914. The third kappa shape index (κ3) is 5.97. The average Bonchev–Trinajstić information content (AvgIpc) is 2.68. The van der Waals surface area contributed by atoms with Gasteiger partial charge in [-0.2, -0.15) is 0 Å². The van der Waals surface area contributed by atoms with Gasteiger partial charge in [-0.3, -0.25) is 14.8 Å². The number of hydrogen-bond donors (Lipinski definition) is 1. The summed E-state index contributed by atoms with van der Waals surface area (Å²) in [6.45, 7) is 3.39. The molecule has 0 fully saturated rings. The number of carbonyl (C=O) groups is 1. The third-order valence-corrected chi connectivity index (χ3v) is 4.51. The van der Waals surface area contributed by atoms with E-state index in [0.29, 0.717) is 17.6 Å². The molecule has 0 radical (unpaired) electrons. The highest BCUT2D eigenvalue weighted by molar-refractivity contribution is 8.00. The minimum Gasteiger partial charge on any atom is -0.323 e. The lowest BCUT2D eigenvalue weighted by Crippen LogP contribution is -2.03. The Kier molecular flexibility index (Phi) is 8.28. The maximum atomic E-state index is 14.0. The molecule has 28 heavy (non-hydrogen) atoms. The average molecular weight is 426 g/mol. The molecule has 0 atom stereocenters. The first-order valence-electron chi connectivity index (χ1n) is 7.87. The van der Waals surface area contributed by atoms with E-state index in [-0.39, 0.29) is 34.4 Å². The first-order valence-corrected chi connectivity index (χ1v) is 9.22. The summed E-state index contributed by atoms with van der Waals surface area (Å²) < 4.78 is 43.9. The molecule has 9 heteroatoms. The number of alkyl halides is 1. The van der Waals surface area contributed by atoms with Crippen LogP contribution in [0.1, 0.15) is 16.8 Å². The van der Waals surface area contributed by atoms with Crippen molar-refractivity contribution in [2.24, 2.45) is 9.98 Å². The van der Waals surface area contributed by atoms with E-state index in [9.17, 15) is 18.0 Å². The highest BCUT2D eigenvalue weighted by Gasteiger charge is 2.14. The van der Waals surface area contributed by atoms with E-state index >= 15 is 0 Å². The monoisotopic (exact) mass is 425 g/mol. The molecule has 4 nitrogen and oxygen atoms in total. The zero-order chi connectivity index (χ0) is 20.5.